The number of anilines is 2. The van der Waals surface area contributed by atoms with E-state index in [1.54, 1.807) is 17.9 Å². The Morgan fingerprint density at radius 2 is 2.29 bits per heavy atom. The number of halogens is 1. The zero-order valence-corrected chi connectivity index (χ0v) is 9.48. The third-order valence-electron chi connectivity index (χ3n) is 2.19. The first kappa shape index (κ1) is 11.2. The standard InChI is InChI=1S/C9H12FN7/c1-11-9-13-3-6(10)8(15-9)12-4-7-16-14-5-17(7)2/h3,5H,4H2,1-2H3,(H2,11,12,13,15). The van der Waals surface area contributed by atoms with Crippen LogP contribution in [0.5, 0.6) is 0 Å². The first-order valence-corrected chi connectivity index (χ1v) is 4.97. The predicted octanol–water partition coefficient (Wildman–Crippen LogP) is 0.398. The molecule has 0 aliphatic heterocycles. The summed E-state index contributed by atoms with van der Waals surface area (Å²) < 4.78 is 15.1. The Hall–Kier alpha value is -2.25. The van der Waals surface area contributed by atoms with Crippen LogP contribution in [0, 0.1) is 5.82 Å². The molecule has 0 aromatic carbocycles. The van der Waals surface area contributed by atoms with Gasteiger partial charge in [0, 0.05) is 14.1 Å². The topological polar surface area (TPSA) is 80.5 Å². The molecule has 0 unspecified atom stereocenters. The quantitative estimate of drug-likeness (QED) is 0.801. The monoisotopic (exact) mass is 237 g/mol. The van der Waals surface area contributed by atoms with E-state index in [0.717, 1.165) is 6.20 Å². The molecule has 2 heterocycles. The summed E-state index contributed by atoms with van der Waals surface area (Å²) >= 11 is 0. The normalized spacial score (nSPS) is 10.3. The van der Waals surface area contributed by atoms with E-state index in [9.17, 15) is 4.39 Å². The molecule has 0 amide bonds. The Bertz CT molecular complexity index is 510. The molecule has 0 saturated carbocycles. The van der Waals surface area contributed by atoms with Gasteiger partial charge in [0.2, 0.25) is 5.95 Å². The highest BCUT2D eigenvalue weighted by Gasteiger charge is 2.07. The van der Waals surface area contributed by atoms with Crippen molar-refractivity contribution in [3.8, 4) is 0 Å². The second-order valence-corrected chi connectivity index (χ2v) is 3.35. The number of hydrogen-bond acceptors (Lipinski definition) is 6. The Morgan fingerprint density at radius 3 is 2.94 bits per heavy atom. The van der Waals surface area contributed by atoms with Gasteiger partial charge in [0.25, 0.3) is 0 Å². The molecule has 2 rings (SSSR count). The van der Waals surface area contributed by atoms with Gasteiger partial charge in [-0.05, 0) is 0 Å². The number of nitrogens with zero attached hydrogens (tertiary/aromatic N) is 5. The SMILES string of the molecule is CNc1ncc(F)c(NCc2nncn2C)n1. The summed E-state index contributed by atoms with van der Waals surface area (Å²) in [5.41, 5.74) is 0. The van der Waals surface area contributed by atoms with E-state index in [0.29, 0.717) is 18.3 Å². The smallest absolute Gasteiger partial charge is 0.224 e. The van der Waals surface area contributed by atoms with Crippen LogP contribution in [0.25, 0.3) is 0 Å². The highest BCUT2D eigenvalue weighted by Crippen LogP contribution is 2.12. The molecule has 0 aliphatic rings. The lowest BCUT2D eigenvalue weighted by Crippen LogP contribution is -2.09. The van der Waals surface area contributed by atoms with Crippen LogP contribution in [0.2, 0.25) is 0 Å². The zero-order valence-electron chi connectivity index (χ0n) is 9.48. The fourth-order valence-electron chi connectivity index (χ4n) is 1.24. The summed E-state index contributed by atoms with van der Waals surface area (Å²) in [4.78, 5) is 7.70. The first-order valence-electron chi connectivity index (χ1n) is 4.97. The minimum Gasteiger partial charge on any atom is -0.360 e. The predicted molar refractivity (Wildman–Crippen MR) is 59.9 cm³/mol. The van der Waals surface area contributed by atoms with Gasteiger partial charge in [-0.25, -0.2) is 9.37 Å². The van der Waals surface area contributed by atoms with Gasteiger partial charge in [-0.2, -0.15) is 4.98 Å². The summed E-state index contributed by atoms with van der Waals surface area (Å²) in [6, 6.07) is 0. The van der Waals surface area contributed by atoms with Crippen molar-refractivity contribution in [2.75, 3.05) is 17.7 Å². The van der Waals surface area contributed by atoms with E-state index in [-0.39, 0.29) is 5.82 Å². The Labute approximate surface area is 97.1 Å². The van der Waals surface area contributed by atoms with Crippen LogP contribution in [0.3, 0.4) is 0 Å². The molecule has 0 radical (unpaired) electrons. The molecule has 7 nitrogen and oxygen atoms in total. The number of nitrogens with one attached hydrogen (secondary N) is 2. The third-order valence-corrected chi connectivity index (χ3v) is 2.19. The Morgan fingerprint density at radius 1 is 1.47 bits per heavy atom. The van der Waals surface area contributed by atoms with Crippen molar-refractivity contribution in [1.82, 2.24) is 24.7 Å². The summed E-state index contributed by atoms with van der Waals surface area (Å²) in [6.45, 7) is 0.341. The molecule has 0 aliphatic carbocycles. The summed E-state index contributed by atoms with van der Waals surface area (Å²) in [5.74, 6) is 0.666. The molecule has 2 aromatic heterocycles. The minimum absolute atomic E-state index is 0.132. The first-order chi connectivity index (χ1) is 8.20. The number of aryl methyl sites for hydroxylation is 1. The van der Waals surface area contributed by atoms with Gasteiger partial charge in [-0.15, -0.1) is 10.2 Å². The molecule has 90 valence electrons. The molecule has 17 heavy (non-hydrogen) atoms. The van der Waals surface area contributed by atoms with E-state index in [2.05, 4.69) is 30.8 Å². The second-order valence-electron chi connectivity index (χ2n) is 3.35. The second kappa shape index (κ2) is 4.73. The van der Waals surface area contributed by atoms with Crippen LogP contribution in [-0.2, 0) is 13.6 Å². The fourth-order valence-corrected chi connectivity index (χ4v) is 1.24. The lowest BCUT2D eigenvalue weighted by Gasteiger charge is -2.07. The van der Waals surface area contributed by atoms with Crippen LogP contribution in [0.1, 0.15) is 5.82 Å². The Kier molecular flexibility index (Phi) is 3.12. The molecule has 0 fully saturated rings. The van der Waals surface area contributed by atoms with Gasteiger partial charge in [-0.3, -0.25) is 0 Å². The third kappa shape index (κ3) is 2.47. The lowest BCUT2D eigenvalue weighted by molar-refractivity contribution is 0.616. The van der Waals surface area contributed by atoms with Crippen molar-refractivity contribution in [2.24, 2.45) is 7.05 Å². The van der Waals surface area contributed by atoms with Crippen molar-refractivity contribution in [3.63, 3.8) is 0 Å². The van der Waals surface area contributed by atoms with E-state index in [1.807, 2.05) is 7.05 Å². The summed E-state index contributed by atoms with van der Waals surface area (Å²) in [5, 5.41) is 13.2. The fraction of sp³-hybridized carbons (Fsp3) is 0.333. The van der Waals surface area contributed by atoms with Gasteiger partial charge < -0.3 is 15.2 Å². The highest BCUT2D eigenvalue weighted by molar-refractivity contribution is 5.40. The Balaban J connectivity index is 2.11. The molecule has 0 atom stereocenters. The van der Waals surface area contributed by atoms with Crippen LogP contribution in [0.4, 0.5) is 16.2 Å². The van der Waals surface area contributed by atoms with Crippen molar-refractivity contribution >= 4 is 11.8 Å². The van der Waals surface area contributed by atoms with E-state index >= 15 is 0 Å². The van der Waals surface area contributed by atoms with E-state index in [4.69, 9.17) is 0 Å². The van der Waals surface area contributed by atoms with Crippen molar-refractivity contribution in [1.29, 1.82) is 0 Å². The highest BCUT2D eigenvalue weighted by atomic mass is 19.1. The number of hydrogen-bond donors (Lipinski definition) is 2. The average molecular weight is 237 g/mol. The van der Waals surface area contributed by atoms with Gasteiger partial charge in [-0.1, -0.05) is 0 Å². The zero-order chi connectivity index (χ0) is 12.3. The molecular formula is C9H12FN7. The van der Waals surface area contributed by atoms with Gasteiger partial charge >= 0.3 is 0 Å². The van der Waals surface area contributed by atoms with Gasteiger partial charge in [0.15, 0.2) is 17.5 Å². The van der Waals surface area contributed by atoms with Crippen LogP contribution >= 0.6 is 0 Å². The van der Waals surface area contributed by atoms with Gasteiger partial charge in [0.05, 0.1) is 12.7 Å². The van der Waals surface area contributed by atoms with Crippen LogP contribution in [-0.4, -0.2) is 31.8 Å². The van der Waals surface area contributed by atoms with Gasteiger partial charge in [0.1, 0.15) is 6.33 Å². The maximum Gasteiger partial charge on any atom is 0.224 e. The van der Waals surface area contributed by atoms with E-state index < -0.39 is 5.82 Å². The van der Waals surface area contributed by atoms with Crippen molar-refractivity contribution < 1.29 is 4.39 Å². The number of rotatable bonds is 4. The maximum absolute atomic E-state index is 13.4. The molecular weight excluding hydrogens is 225 g/mol. The molecule has 2 N–H and O–H groups in total. The molecule has 0 spiro atoms. The molecule has 2 aromatic rings. The van der Waals surface area contributed by atoms with Crippen molar-refractivity contribution in [3.05, 3.63) is 24.2 Å². The molecule has 8 heteroatoms. The lowest BCUT2D eigenvalue weighted by atomic mass is 10.5. The molecule has 0 saturated heterocycles. The number of aromatic nitrogens is 5. The van der Waals surface area contributed by atoms with E-state index in [1.165, 1.54) is 0 Å². The van der Waals surface area contributed by atoms with Crippen LogP contribution in [0.15, 0.2) is 12.5 Å². The molecule has 0 bridgehead atoms. The van der Waals surface area contributed by atoms with Crippen LogP contribution < -0.4 is 10.6 Å². The maximum atomic E-state index is 13.4. The minimum atomic E-state index is -0.508. The largest absolute Gasteiger partial charge is 0.360 e. The summed E-state index contributed by atoms with van der Waals surface area (Å²) in [7, 11) is 3.48. The van der Waals surface area contributed by atoms with Crippen molar-refractivity contribution in [2.45, 2.75) is 6.54 Å². The average Bonchev–Trinajstić information content (AvgIpc) is 2.74. The summed E-state index contributed by atoms with van der Waals surface area (Å²) in [6.07, 6.45) is 2.68.